The van der Waals surface area contributed by atoms with Gasteiger partial charge in [0.15, 0.2) is 0 Å². The molecule has 0 saturated carbocycles. The Kier molecular flexibility index (Phi) is 5.86. The molecule has 0 unspecified atom stereocenters. The maximum absolute atomic E-state index is 12.8. The lowest BCUT2D eigenvalue weighted by Gasteiger charge is -2.24. The highest BCUT2D eigenvalue weighted by molar-refractivity contribution is 5.88. The predicted octanol–water partition coefficient (Wildman–Crippen LogP) is 1.91. The van der Waals surface area contributed by atoms with Crippen LogP contribution < -0.4 is 5.32 Å². The SMILES string of the molecule is O=C(C[C@H]1CCCO1)N[C@@H](Cc1ccccc1)C(=O)N1CCCC1. The first kappa shape index (κ1) is 17.0. The van der Waals surface area contributed by atoms with Gasteiger partial charge in [0, 0.05) is 26.1 Å². The molecule has 2 heterocycles. The summed E-state index contributed by atoms with van der Waals surface area (Å²) < 4.78 is 5.53. The number of nitrogens with zero attached hydrogens (tertiary/aromatic N) is 1. The van der Waals surface area contributed by atoms with Gasteiger partial charge in [-0.05, 0) is 31.2 Å². The third kappa shape index (κ3) is 4.57. The smallest absolute Gasteiger partial charge is 0.245 e. The number of hydrogen-bond donors (Lipinski definition) is 1. The zero-order valence-corrected chi connectivity index (χ0v) is 14.1. The molecule has 0 aliphatic carbocycles. The van der Waals surface area contributed by atoms with E-state index in [0.29, 0.717) is 12.8 Å². The van der Waals surface area contributed by atoms with Crippen molar-refractivity contribution in [2.75, 3.05) is 19.7 Å². The van der Waals surface area contributed by atoms with E-state index in [1.807, 2.05) is 35.2 Å². The molecule has 2 saturated heterocycles. The number of likely N-dealkylation sites (tertiary alicyclic amines) is 1. The molecular weight excluding hydrogens is 304 g/mol. The quantitative estimate of drug-likeness (QED) is 0.867. The Labute approximate surface area is 143 Å². The van der Waals surface area contributed by atoms with Crippen molar-refractivity contribution in [3.05, 3.63) is 35.9 Å². The van der Waals surface area contributed by atoms with Gasteiger partial charge in [-0.15, -0.1) is 0 Å². The fourth-order valence-electron chi connectivity index (χ4n) is 3.47. The summed E-state index contributed by atoms with van der Waals surface area (Å²) in [5.41, 5.74) is 1.06. The largest absolute Gasteiger partial charge is 0.378 e. The van der Waals surface area contributed by atoms with Crippen LogP contribution in [0.2, 0.25) is 0 Å². The summed E-state index contributed by atoms with van der Waals surface area (Å²) in [5.74, 6) is -0.0487. The minimum Gasteiger partial charge on any atom is -0.378 e. The standard InChI is InChI=1S/C19H26N2O3/c22-18(14-16-9-6-12-24-16)20-17(13-15-7-2-1-3-8-15)19(23)21-10-4-5-11-21/h1-3,7-8,16-17H,4-6,9-14H2,(H,20,22)/t16-,17+/m1/s1. The molecule has 2 aliphatic rings. The first-order valence-electron chi connectivity index (χ1n) is 8.96. The third-order valence-corrected chi connectivity index (χ3v) is 4.77. The normalized spacial score (nSPS) is 21.7. The Bertz CT molecular complexity index is 549. The molecule has 2 atom stereocenters. The van der Waals surface area contributed by atoms with Crippen molar-refractivity contribution in [3.63, 3.8) is 0 Å². The minimum absolute atomic E-state index is 0.00395. The number of carbonyl (C=O) groups is 2. The average molecular weight is 330 g/mol. The van der Waals surface area contributed by atoms with Crippen molar-refractivity contribution in [3.8, 4) is 0 Å². The molecule has 5 nitrogen and oxygen atoms in total. The van der Waals surface area contributed by atoms with Crippen LogP contribution >= 0.6 is 0 Å². The minimum atomic E-state index is -0.487. The first-order valence-corrected chi connectivity index (χ1v) is 8.96. The molecule has 5 heteroatoms. The van der Waals surface area contributed by atoms with E-state index >= 15 is 0 Å². The maximum Gasteiger partial charge on any atom is 0.245 e. The molecule has 3 rings (SSSR count). The highest BCUT2D eigenvalue weighted by Crippen LogP contribution is 2.16. The molecular formula is C19H26N2O3. The van der Waals surface area contributed by atoms with Crippen molar-refractivity contribution in [2.24, 2.45) is 0 Å². The third-order valence-electron chi connectivity index (χ3n) is 4.77. The van der Waals surface area contributed by atoms with E-state index in [9.17, 15) is 9.59 Å². The van der Waals surface area contributed by atoms with Gasteiger partial charge in [0.1, 0.15) is 6.04 Å². The topological polar surface area (TPSA) is 58.6 Å². The van der Waals surface area contributed by atoms with Crippen LogP contribution in [-0.4, -0.2) is 48.6 Å². The number of rotatable bonds is 6. The van der Waals surface area contributed by atoms with E-state index in [0.717, 1.165) is 50.9 Å². The molecule has 0 bridgehead atoms. The molecule has 1 aromatic carbocycles. The lowest BCUT2D eigenvalue weighted by atomic mass is 10.0. The number of ether oxygens (including phenoxy) is 1. The first-order chi connectivity index (χ1) is 11.7. The Morgan fingerprint density at radius 3 is 2.58 bits per heavy atom. The highest BCUT2D eigenvalue weighted by Gasteiger charge is 2.29. The van der Waals surface area contributed by atoms with Crippen LogP contribution in [0.5, 0.6) is 0 Å². The van der Waals surface area contributed by atoms with Gasteiger partial charge in [0.2, 0.25) is 11.8 Å². The van der Waals surface area contributed by atoms with Gasteiger partial charge >= 0.3 is 0 Å². The fraction of sp³-hybridized carbons (Fsp3) is 0.579. The molecule has 2 fully saturated rings. The zero-order valence-electron chi connectivity index (χ0n) is 14.1. The molecule has 1 aromatic rings. The van der Waals surface area contributed by atoms with E-state index in [-0.39, 0.29) is 17.9 Å². The Morgan fingerprint density at radius 1 is 1.17 bits per heavy atom. The second kappa shape index (κ2) is 8.29. The molecule has 2 amide bonds. The van der Waals surface area contributed by atoms with Crippen LogP contribution in [0, 0.1) is 0 Å². The lowest BCUT2D eigenvalue weighted by Crippen LogP contribution is -2.49. The summed E-state index contributed by atoms with van der Waals surface area (Å²) >= 11 is 0. The number of nitrogens with one attached hydrogen (secondary N) is 1. The Hall–Kier alpha value is -1.88. The number of carbonyl (C=O) groups excluding carboxylic acids is 2. The monoisotopic (exact) mass is 330 g/mol. The maximum atomic E-state index is 12.8. The van der Waals surface area contributed by atoms with Crippen LogP contribution in [0.4, 0.5) is 0 Å². The molecule has 130 valence electrons. The summed E-state index contributed by atoms with van der Waals surface area (Å²) in [6.45, 7) is 2.33. The molecule has 1 N–H and O–H groups in total. The van der Waals surface area contributed by atoms with Crippen molar-refractivity contribution >= 4 is 11.8 Å². The molecule has 0 spiro atoms. The van der Waals surface area contributed by atoms with Crippen LogP contribution in [0.15, 0.2) is 30.3 Å². The van der Waals surface area contributed by atoms with Crippen molar-refractivity contribution in [2.45, 2.75) is 50.7 Å². The van der Waals surface area contributed by atoms with Crippen LogP contribution in [0.3, 0.4) is 0 Å². The van der Waals surface area contributed by atoms with E-state index in [1.165, 1.54) is 0 Å². The van der Waals surface area contributed by atoms with Gasteiger partial charge in [0.05, 0.1) is 12.5 Å². The molecule has 2 aliphatic heterocycles. The zero-order chi connectivity index (χ0) is 16.8. The highest BCUT2D eigenvalue weighted by atomic mass is 16.5. The summed E-state index contributed by atoms with van der Waals surface area (Å²) in [6.07, 6.45) is 4.92. The van der Waals surface area contributed by atoms with Crippen molar-refractivity contribution < 1.29 is 14.3 Å². The van der Waals surface area contributed by atoms with Crippen LogP contribution in [0.25, 0.3) is 0 Å². The Balaban J connectivity index is 1.63. The van der Waals surface area contributed by atoms with Crippen LogP contribution in [-0.2, 0) is 20.7 Å². The summed E-state index contributed by atoms with van der Waals surface area (Å²) in [4.78, 5) is 27.0. The van der Waals surface area contributed by atoms with Gasteiger partial charge in [-0.25, -0.2) is 0 Å². The molecule has 24 heavy (non-hydrogen) atoms. The predicted molar refractivity (Wildman–Crippen MR) is 91.5 cm³/mol. The number of hydrogen-bond acceptors (Lipinski definition) is 3. The second-order valence-corrected chi connectivity index (χ2v) is 6.68. The van der Waals surface area contributed by atoms with Gasteiger partial charge in [-0.3, -0.25) is 9.59 Å². The van der Waals surface area contributed by atoms with E-state index in [1.54, 1.807) is 0 Å². The van der Waals surface area contributed by atoms with Crippen molar-refractivity contribution in [1.29, 1.82) is 0 Å². The summed E-state index contributed by atoms with van der Waals surface area (Å²) in [7, 11) is 0. The fourth-order valence-corrected chi connectivity index (χ4v) is 3.47. The van der Waals surface area contributed by atoms with E-state index < -0.39 is 6.04 Å². The second-order valence-electron chi connectivity index (χ2n) is 6.68. The number of benzene rings is 1. The van der Waals surface area contributed by atoms with Gasteiger partial charge < -0.3 is 15.0 Å². The summed E-state index contributed by atoms with van der Waals surface area (Å²) in [5, 5.41) is 2.96. The number of amides is 2. The van der Waals surface area contributed by atoms with Crippen LogP contribution in [0.1, 0.15) is 37.7 Å². The average Bonchev–Trinajstić information content (AvgIpc) is 3.28. The Morgan fingerprint density at radius 2 is 1.92 bits per heavy atom. The lowest BCUT2D eigenvalue weighted by molar-refractivity contribution is -0.136. The van der Waals surface area contributed by atoms with Crippen molar-refractivity contribution in [1.82, 2.24) is 10.2 Å². The molecule has 0 aromatic heterocycles. The van der Waals surface area contributed by atoms with Gasteiger partial charge in [0.25, 0.3) is 0 Å². The van der Waals surface area contributed by atoms with E-state index in [2.05, 4.69) is 5.32 Å². The van der Waals surface area contributed by atoms with Gasteiger partial charge in [-0.2, -0.15) is 0 Å². The molecule has 0 radical (unpaired) electrons. The van der Waals surface area contributed by atoms with Gasteiger partial charge in [-0.1, -0.05) is 30.3 Å². The van der Waals surface area contributed by atoms with E-state index in [4.69, 9.17) is 4.74 Å². The summed E-state index contributed by atoms with van der Waals surface area (Å²) in [6, 6.07) is 9.38.